The third-order valence-corrected chi connectivity index (χ3v) is 15.3. The molecule has 0 bridgehead atoms. The summed E-state index contributed by atoms with van der Waals surface area (Å²) in [7, 11) is 0. The van der Waals surface area contributed by atoms with E-state index in [9.17, 15) is 0 Å². The number of hydrogen-bond donors (Lipinski definition) is 0. The molecule has 8 heteroatoms. The fraction of sp³-hybridized carbons (Fsp3) is 0.250. The van der Waals surface area contributed by atoms with Gasteiger partial charge in [-0.2, -0.15) is 6.07 Å². The Morgan fingerprint density at radius 2 is 1.02 bits per heavy atom. The van der Waals surface area contributed by atoms with Crippen LogP contribution in [0.15, 0.2) is 158 Å². The molecule has 0 saturated heterocycles. The van der Waals surface area contributed by atoms with Crippen molar-refractivity contribution in [3.8, 4) is 50.7 Å². The van der Waals surface area contributed by atoms with Gasteiger partial charge in [0, 0.05) is 78.5 Å². The molecule has 5 nitrogen and oxygen atoms in total. The van der Waals surface area contributed by atoms with Gasteiger partial charge in [0.2, 0.25) is 0 Å². The smallest absolute Gasteiger partial charge is 0.135 e. The summed E-state index contributed by atoms with van der Waals surface area (Å²) in [6.45, 7) is 33.0. The molecular weight excluding hydrogens is 1170 g/mol. The summed E-state index contributed by atoms with van der Waals surface area (Å²) in [6, 6.07) is 58.4. The molecule has 0 N–H and O–H groups in total. The summed E-state index contributed by atoms with van der Waals surface area (Å²) in [5, 5.41) is 2.14. The fourth-order valence-corrected chi connectivity index (χ4v) is 10.9. The van der Waals surface area contributed by atoms with E-state index in [0.29, 0.717) is 22.6 Å². The molecule has 0 saturated carbocycles. The van der Waals surface area contributed by atoms with Crippen LogP contribution < -0.4 is 14.5 Å². The van der Waals surface area contributed by atoms with Gasteiger partial charge in [0.05, 0.1) is 0 Å². The van der Waals surface area contributed by atoms with Gasteiger partial charge in [-0.25, -0.2) is 13.8 Å². The van der Waals surface area contributed by atoms with Gasteiger partial charge in [0.1, 0.15) is 17.5 Å². The average Bonchev–Trinajstić information content (AvgIpc) is 4.15. The molecule has 410 valence electrons. The molecule has 0 radical (unpaired) electrons. The number of hydrogen-bond acceptors (Lipinski definition) is 4. The van der Waals surface area contributed by atoms with Crippen LogP contribution in [0.4, 0.5) is 31.5 Å². The number of aromatic nitrogens is 2. The molecule has 1 aliphatic rings. The van der Waals surface area contributed by atoms with Crippen LogP contribution in [0.25, 0.3) is 61.0 Å². The van der Waals surface area contributed by atoms with E-state index >= 15 is 8.78 Å². The van der Waals surface area contributed by atoms with Crippen LogP contribution in [-0.2, 0) is 42.7 Å². The van der Waals surface area contributed by atoms with Gasteiger partial charge >= 0.3 is 0 Å². The Morgan fingerprint density at radius 1 is 0.475 bits per heavy atom. The molecule has 1 aliphatic heterocycles. The quantitative estimate of drug-likeness (QED) is 0.142. The maximum Gasteiger partial charge on any atom is 0.135 e. The minimum atomic E-state index is -0.643. The summed E-state index contributed by atoms with van der Waals surface area (Å²) in [6.07, 6.45) is 1.89. The Balaban J connectivity index is 0.00000720. The first-order chi connectivity index (χ1) is 37.3. The van der Waals surface area contributed by atoms with Crippen molar-refractivity contribution < 1.29 is 34.6 Å². The Morgan fingerprint density at radius 3 is 1.64 bits per heavy atom. The maximum absolute atomic E-state index is 15.7. The fourth-order valence-electron chi connectivity index (χ4n) is 10.9. The average molecular weight is 1240 g/mol. The van der Waals surface area contributed by atoms with Crippen molar-refractivity contribution in [2.75, 3.05) is 9.80 Å². The summed E-state index contributed by atoms with van der Waals surface area (Å²) < 4.78 is 40.5. The van der Waals surface area contributed by atoms with E-state index in [2.05, 4.69) is 239 Å². The molecule has 0 unspecified atom stereocenters. The van der Waals surface area contributed by atoms with Gasteiger partial charge in [-0.3, -0.25) is 0 Å². The first-order valence-corrected chi connectivity index (χ1v) is 27.4. The molecule has 0 amide bonds. The topological polar surface area (TPSA) is 33.5 Å². The van der Waals surface area contributed by atoms with Crippen molar-refractivity contribution in [1.82, 2.24) is 9.55 Å². The van der Waals surface area contributed by atoms with E-state index in [1.807, 2.05) is 30.5 Å². The standard InChI is InChI=1S/C72H69F2N4O.Pt/c1-44-27-45(2)29-46(28-44)47-34-56(41-58(35-47)79-57-23-24-60-59-19-15-16-20-63(59)78(66(60)42-57)67-39-50(25-26-75-67)69(3,4)5)76-43-77(65-22-18-17-21-64(65)76)68-61(48-30-51(70(6,7)8)36-52(31-48)71(9,10)11)37-53(72(12,13)14)38-62(68)49-32-54(73)40-55(74)33-49;/h15-40,43H,1-14H3;/q-3;. The number of nitrogens with zero attached hydrogens (tertiary/aromatic N) is 4. The summed E-state index contributed by atoms with van der Waals surface area (Å²) in [5.74, 6) is 0.551. The van der Waals surface area contributed by atoms with Crippen molar-refractivity contribution in [1.29, 1.82) is 0 Å². The molecule has 2 aromatic heterocycles. The minimum Gasteiger partial charge on any atom is -0.509 e. The number of para-hydroxylation sites is 3. The maximum atomic E-state index is 15.7. The number of rotatable bonds is 8. The van der Waals surface area contributed by atoms with Crippen LogP contribution in [-0.4, -0.2) is 9.55 Å². The second-order valence-corrected chi connectivity index (χ2v) is 25.7. The number of fused-ring (bicyclic) bond motifs is 4. The molecule has 0 fully saturated rings. The van der Waals surface area contributed by atoms with E-state index in [0.717, 1.165) is 95.4 Å². The van der Waals surface area contributed by atoms with E-state index in [-0.39, 0.29) is 42.7 Å². The third-order valence-electron chi connectivity index (χ3n) is 15.3. The first-order valence-electron chi connectivity index (χ1n) is 27.4. The predicted molar refractivity (Wildman–Crippen MR) is 325 cm³/mol. The van der Waals surface area contributed by atoms with Crippen LogP contribution in [0.5, 0.6) is 11.5 Å². The minimum absolute atomic E-state index is 0. The monoisotopic (exact) mass is 1240 g/mol. The van der Waals surface area contributed by atoms with Gasteiger partial charge in [0.25, 0.3) is 0 Å². The summed E-state index contributed by atoms with van der Waals surface area (Å²) in [4.78, 5) is 9.26. The van der Waals surface area contributed by atoms with Crippen molar-refractivity contribution >= 4 is 44.6 Å². The van der Waals surface area contributed by atoms with E-state index in [4.69, 9.17) is 9.72 Å². The second-order valence-electron chi connectivity index (χ2n) is 25.7. The number of benzene rings is 8. The first kappa shape index (κ1) is 56.0. The SMILES string of the molecule is Cc1cc(C)cc(-c2cc(Oc3[c-]c4c(cc3)c3ccccc3n4-c3cc(C(C)(C)C)ccn3)[c-]c(N3[CH-]N(c4c(-c5cc(F)cc(F)c5)cc(C(C)(C)C)cc4-c4cc(C(C)(C)C)cc(C(C)(C)C)c4)c4ccccc43)c2)c1.[Pt]. The van der Waals surface area contributed by atoms with Crippen LogP contribution in [0.1, 0.15) is 116 Å². The zero-order chi connectivity index (χ0) is 56.1. The number of anilines is 4. The van der Waals surface area contributed by atoms with Crippen molar-refractivity contribution in [2.24, 2.45) is 0 Å². The van der Waals surface area contributed by atoms with Gasteiger partial charge in [-0.1, -0.05) is 166 Å². The number of aryl methyl sites for hydroxylation is 2. The molecule has 10 aromatic rings. The Labute approximate surface area is 486 Å². The molecule has 80 heavy (non-hydrogen) atoms. The number of pyridine rings is 1. The molecule has 0 atom stereocenters. The molecule has 0 spiro atoms. The van der Waals surface area contributed by atoms with Gasteiger partial charge in [-0.15, -0.1) is 53.6 Å². The van der Waals surface area contributed by atoms with Gasteiger partial charge in [-0.05, 0) is 134 Å². The van der Waals surface area contributed by atoms with Crippen LogP contribution in [0, 0.1) is 44.3 Å². The van der Waals surface area contributed by atoms with Crippen molar-refractivity contribution in [3.05, 3.63) is 222 Å². The van der Waals surface area contributed by atoms with E-state index in [1.165, 1.54) is 28.8 Å². The largest absolute Gasteiger partial charge is 0.509 e. The number of ether oxygens (including phenoxy) is 1. The Bertz CT molecular complexity index is 3960. The number of halogens is 2. The normalized spacial score (nSPS) is 13.1. The molecule has 11 rings (SSSR count). The van der Waals surface area contributed by atoms with Crippen molar-refractivity contribution in [3.63, 3.8) is 0 Å². The Hall–Kier alpha value is -7.34. The molecule has 3 heterocycles. The Kier molecular flexibility index (Phi) is 14.4. The van der Waals surface area contributed by atoms with Crippen LogP contribution in [0.3, 0.4) is 0 Å². The summed E-state index contributed by atoms with van der Waals surface area (Å²) >= 11 is 0. The van der Waals surface area contributed by atoms with Crippen LogP contribution >= 0.6 is 0 Å². The third kappa shape index (κ3) is 10.9. The molecular formula is C72H69F2N4OPt-3. The van der Waals surface area contributed by atoms with Crippen molar-refractivity contribution in [2.45, 2.75) is 119 Å². The molecule has 8 aromatic carbocycles. The zero-order valence-corrected chi connectivity index (χ0v) is 50.6. The second kappa shape index (κ2) is 20.6. The van der Waals surface area contributed by atoms with Gasteiger partial charge in [0.15, 0.2) is 0 Å². The summed E-state index contributed by atoms with van der Waals surface area (Å²) in [5.41, 5.74) is 16.4. The van der Waals surface area contributed by atoms with Crippen LogP contribution in [0.2, 0.25) is 0 Å². The van der Waals surface area contributed by atoms with E-state index < -0.39 is 11.6 Å². The predicted octanol–water partition coefficient (Wildman–Crippen LogP) is 20.1. The zero-order valence-electron chi connectivity index (χ0n) is 48.4. The van der Waals surface area contributed by atoms with E-state index in [1.54, 1.807) is 0 Å². The molecule has 0 aliphatic carbocycles. The van der Waals surface area contributed by atoms with Gasteiger partial charge < -0.3 is 19.1 Å².